The van der Waals surface area contributed by atoms with Gasteiger partial charge < -0.3 is 10.2 Å². The minimum Gasteiger partial charge on any atom is -0.354 e. The molecule has 1 N–H and O–H groups in total. The van der Waals surface area contributed by atoms with Gasteiger partial charge in [-0.2, -0.15) is 0 Å². The Hall–Kier alpha value is -1.16. The van der Waals surface area contributed by atoms with Gasteiger partial charge in [-0.1, -0.05) is 0 Å². The second kappa shape index (κ2) is 5.96. The highest BCUT2D eigenvalue weighted by atomic mass is 19.1. The van der Waals surface area contributed by atoms with E-state index in [0.717, 1.165) is 26.2 Å². The number of nitrogens with zero attached hydrogens (tertiary/aromatic N) is 2. The quantitative estimate of drug-likeness (QED) is 0.868. The van der Waals surface area contributed by atoms with E-state index in [1.54, 1.807) is 12.3 Å². The average Bonchev–Trinajstić information content (AvgIpc) is 2.38. The largest absolute Gasteiger partial charge is 0.354 e. The molecule has 2 heterocycles. The van der Waals surface area contributed by atoms with Crippen LogP contribution in [-0.4, -0.2) is 31.2 Å². The molecule has 3 nitrogen and oxygen atoms in total. The fraction of sp³-hybridized carbons (Fsp3) is 0.615. The molecule has 0 amide bonds. The second-order valence-corrected chi connectivity index (χ2v) is 4.56. The highest BCUT2D eigenvalue weighted by Gasteiger charge is 2.18. The van der Waals surface area contributed by atoms with Crippen molar-refractivity contribution in [1.82, 2.24) is 10.3 Å². The van der Waals surface area contributed by atoms with Crippen LogP contribution in [0.15, 0.2) is 18.3 Å². The lowest BCUT2D eigenvalue weighted by Gasteiger charge is -2.30. The van der Waals surface area contributed by atoms with E-state index in [4.69, 9.17) is 0 Å². The van der Waals surface area contributed by atoms with Crippen LogP contribution in [-0.2, 0) is 0 Å². The van der Waals surface area contributed by atoms with Crippen molar-refractivity contribution >= 4 is 5.82 Å². The van der Waals surface area contributed by atoms with E-state index in [0.29, 0.717) is 11.7 Å². The van der Waals surface area contributed by atoms with E-state index in [2.05, 4.69) is 10.3 Å². The van der Waals surface area contributed by atoms with Crippen molar-refractivity contribution in [3.8, 4) is 0 Å². The van der Waals surface area contributed by atoms with Gasteiger partial charge in [-0.3, -0.25) is 0 Å². The van der Waals surface area contributed by atoms with E-state index in [-0.39, 0.29) is 5.82 Å². The monoisotopic (exact) mass is 237 g/mol. The maximum Gasteiger partial charge on any atom is 0.165 e. The molecule has 0 radical (unpaired) electrons. The van der Waals surface area contributed by atoms with Crippen molar-refractivity contribution in [3.05, 3.63) is 24.1 Å². The number of aromatic nitrogens is 1. The van der Waals surface area contributed by atoms with Crippen LogP contribution < -0.4 is 10.2 Å². The number of rotatable bonds is 4. The Labute approximate surface area is 102 Å². The summed E-state index contributed by atoms with van der Waals surface area (Å²) in [7, 11) is 0. The third-order valence-electron chi connectivity index (χ3n) is 3.30. The zero-order valence-electron chi connectivity index (χ0n) is 10.3. The lowest BCUT2D eigenvalue weighted by Crippen LogP contribution is -2.39. The van der Waals surface area contributed by atoms with Gasteiger partial charge >= 0.3 is 0 Å². The highest BCUT2D eigenvalue weighted by Crippen LogP contribution is 2.19. The van der Waals surface area contributed by atoms with Gasteiger partial charge in [0.1, 0.15) is 0 Å². The summed E-state index contributed by atoms with van der Waals surface area (Å²) in [5, 5.41) is 3.39. The molecule has 1 saturated heterocycles. The van der Waals surface area contributed by atoms with Crippen LogP contribution in [0.5, 0.6) is 0 Å². The number of pyridine rings is 1. The van der Waals surface area contributed by atoms with Gasteiger partial charge in [0, 0.05) is 19.3 Å². The van der Waals surface area contributed by atoms with Gasteiger partial charge in [0.15, 0.2) is 11.6 Å². The standard InChI is InChI=1S/C13H20FN3/c1-2-17(10-11-5-3-7-15-9-11)13-12(14)6-4-8-16-13/h4,6,8,11,15H,2-3,5,7,9-10H2,1H3. The predicted octanol–water partition coefficient (Wildman–Crippen LogP) is 2.05. The fourth-order valence-electron chi connectivity index (χ4n) is 2.37. The zero-order chi connectivity index (χ0) is 12.1. The topological polar surface area (TPSA) is 28.2 Å². The molecule has 4 heteroatoms. The van der Waals surface area contributed by atoms with Crippen molar-refractivity contribution < 1.29 is 4.39 Å². The molecule has 1 unspecified atom stereocenters. The lowest BCUT2D eigenvalue weighted by molar-refractivity contribution is 0.376. The third-order valence-corrected chi connectivity index (χ3v) is 3.30. The fourth-order valence-corrected chi connectivity index (χ4v) is 2.37. The summed E-state index contributed by atoms with van der Waals surface area (Å²) in [6.07, 6.45) is 4.09. The lowest BCUT2D eigenvalue weighted by atomic mass is 9.99. The van der Waals surface area contributed by atoms with Gasteiger partial charge in [-0.25, -0.2) is 9.37 Å². The molecule has 1 aromatic rings. The summed E-state index contributed by atoms with van der Waals surface area (Å²) < 4.78 is 13.7. The third kappa shape index (κ3) is 3.16. The highest BCUT2D eigenvalue weighted by molar-refractivity contribution is 5.39. The summed E-state index contributed by atoms with van der Waals surface area (Å²) in [6.45, 7) is 5.87. The molecule has 2 rings (SSSR count). The van der Waals surface area contributed by atoms with E-state index in [9.17, 15) is 4.39 Å². The Balaban J connectivity index is 2.03. The second-order valence-electron chi connectivity index (χ2n) is 4.56. The Kier molecular flexibility index (Phi) is 4.31. The minimum absolute atomic E-state index is 0.224. The zero-order valence-corrected chi connectivity index (χ0v) is 10.3. The van der Waals surface area contributed by atoms with Gasteiger partial charge in [0.2, 0.25) is 0 Å². The normalized spacial score (nSPS) is 20.2. The summed E-state index contributed by atoms with van der Waals surface area (Å²) in [4.78, 5) is 6.18. The number of hydrogen-bond donors (Lipinski definition) is 1. The molecule has 0 aliphatic carbocycles. The van der Waals surface area contributed by atoms with Crippen LogP contribution >= 0.6 is 0 Å². The van der Waals surface area contributed by atoms with E-state index >= 15 is 0 Å². The molecular formula is C13H20FN3. The number of halogens is 1. The summed E-state index contributed by atoms with van der Waals surface area (Å²) in [5.74, 6) is 0.865. The molecule has 1 aliphatic rings. The summed E-state index contributed by atoms with van der Waals surface area (Å²) >= 11 is 0. The Morgan fingerprint density at radius 2 is 2.47 bits per heavy atom. The summed E-state index contributed by atoms with van der Waals surface area (Å²) in [5.41, 5.74) is 0. The number of nitrogens with one attached hydrogen (secondary N) is 1. The molecule has 1 aromatic heterocycles. The Morgan fingerprint density at radius 1 is 1.59 bits per heavy atom. The van der Waals surface area contributed by atoms with E-state index in [1.165, 1.54) is 18.9 Å². The first-order valence-corrected chi connectivity index (χ1v) is 6.37. The van der Waals surface area contributed by atoms with Gasteiger partial charge in [-0.05, 0) is 50.9 Å². The maximum absolute atomic E-state index is 13.7. The smallest absolute Gasteiger partial charge is 0.165 e. The van der Waals surface area contributed by atoms with Crippen LogP contribution in [0, 0.1) is 11.7 Å². The Bertz CT molecular complexity index is 350. The van der Waals surface area contributed by atoms with Gasteiger partial charge in [-0.15, -0.1) is 0 Å². The van der Waals surface area contributed by atoms with E-state index < -0.39 is 0 Å². The van der Waals surface area contributed by atoms with Gasteiger partial charge in [0.25, 0.3) is 0 Å². The maximum atomic E-state index is 13.7. The summed E-state index contributed by atoms with van der Waals surface area (Å²) in [6, 6.07) is 3.11. The van der Waals surface area contributed by atoms with Crippen molar-refractivity contribution in [2.75, 3.05) is 31.1 Å². The first kappa shape index (κ1) is 12.3. The van der Waals surface area contributed by atoms with Crippen LogP contribution in [0.4, 0.5) is 10.2 Å². The molecule has 0 saturated carbocycles. The van der Waals surface area contributed by atoms with Crippen molar-refractivity contribution in [1.29, 1.82) is 0 Å². The number of hydrogen-bond acceptors (Lipinski definition) is 3. The molecule has 0 bridgehead atoms. The van der Waals surface area contributed by atoms with Crippen molar-refractivity contribution in [3.63, 3.8) is 0 Å². The van der Waals surface area contributed by atoms with E-state index in [1.807, 2.05) is 11.8 Å². The number of piperidine rings is 1. The first-order chi connectivity index (χ1) is 8.31. The minimum atomic E-state index is -0.224. The molecule has 1 fully saturated rings. The molecule has 17 heavy (non-hydrogen) atoms. The van der Waals surface area contributed by atoms with Crippen LogP contribution in [0.2, 0.25) is 0 Å². The molecule has 94 valence electrons. The number of anilines is 1. The SMILES string of the molecule is CCN(CC1CCCNC1)c1ncccc1F. The van der Waals surface area contributed by atoms with Crippen molar-refractivity contribution in [2.24, 2.45) is 5.92 Å². The van der Waals surface area contributed by atoms with Crippen LogP contribution in [0.1, 0.15) is 19.8 Å². The van der Waals surface area contributed by atoms with Gasteiger partial charge in [0.05, 0.1) is 0 Å². The molecule has 1 aliphatic heterocycles. The molecular weight excluding hydrogens is 217 g/mol. The van der Waals surface area contributed by atoms with Crippen molar-refractivity contribution in [2.45, 2.75) is 19.8 Å². The predicted molar refractivity (Wildman–Crippen MR) is 67.7 cm³/mol. The average molecular weight is 237 g/mol. The molecule has 0 spiro atoms. The van der Waals surface area contributed by atoms with Crippen LogP contribution in [0.25, 0.3) is 0 Å². The Morgan fingerprint density at radius 3 is 3.12 bits per heavy atom. The molecule has 0 aromatic carbocycles. The first-order valence-electron chi connectivity index (χ1n) is 6.37. The van der Waals surface area contributed by atoms with Crippen LogP contribution in [0.3, 0.4) is 0 Å². The molecule has 1 atom stereocenters.